The first kappa shape index (κ1) is 21.1. The SMILES string of the molecule is COc1ccc(-c2onc(C)c2C)cc1S(=O)(=O)N(Cc1cccs1)C1CCCC1. The van der Waals surface area contributed by atoms with Gasteiger partial charge in [0.15, 0.2) is 5.76 Å². The largest absolute Gasteiger partial charge is 0.495 e. The molecule has 1 saturated carbocycles. The van der Waals surface area contributed by atoms with E-state index >= 15 is 0 Å². The predicted octanol–water partition coefficient (Wildman–Crippen LogP) is 5.16. The van der Waals surface area contributed by atoms with Crippen LogP contribution in [0.2, 0.25) is 0 Å². The van der Waals surface area contributed by atoms with E-state index in [2.05, 4.69) is 5.16 Å². The van der Waals surface area contributed by atoms with Crippen LogP contribution >= 0.6 is 11.3 Å². The van der Waals surface area contributed by atoms with Crippen molar-refractivity contribution in [2.45, 2.75) is 57.0 Å². The Morgan fingerprint density at radius 2 is 2.00 bits per heavy atom. The summed E-state index contributed by atoms with van der Waals surface area (Å²) in [5, 5.41) is 5.99. The van der Waals surface area contributed by atoms with Crippen LogP contribution in [0.1, 0.15) is 41.8 Å². The van der Waals surface area contributed by atoms with Crippen LogP contribution in [0.3, 0.4) is 0 Å². The zero-order chi connectivity index (χ0) is 21.3. The van der Waals surface area contributed by atoms with Crippen LogP contribution in [-0.4, -0.2) is 31.0 Å². The number of hydrogen-bond acceptors (Lipinski definition) is 6. The molecule has 6 nitrogen and oxygen atoms in total. The third kappa shape index (κ3) is 3.91. The number of benzene rings is 1. The molecule has 160 valence electrons. The van der Waals surface area contributed by atoms with Crippen molar-refractivity contribution >= 4 is 21.4 Å². The van der Waals surface area contributed by atoms with Gasteiger partial charge in [-0.1, -0.05) is 24.1 Å². The van der Waals surface area contributed by atoms with E-state index in [1.165, 1.54) is 7.11 Å². The average Bonchev–Trinajstić information content (AvgIpc) is 3.50. The first-order valence-electron chi connectivity index (χ1n) is 10.1. The van der Waals surface area contributed by atoms with Crippen molar-refractivity contribution in [3.05, 3.63) is 51.8 Å². The molecule has 2 aromatic heterocycles. The molecule has 8 heteroatoms. The van der Waals surface area contributed by atoms with Gasteiger partial charge in [0.25, 0.3) is 0 Å². The summed E-state index contributed by atoms with van der Waals surface area (Å²) >= 11 is 1.58. The summed E-state index contributed by atoms with van der Waals surface area (Å²) in [6, 6.07) is 9.09. The number of ether oxygens (including phenoxy) is 1. The zero-order valence-corrected chi connectivity index (χ0v) is 19.1. The molecule has 0 bridgehead atoms. The Hall–Kier alpha value is -2.16. The molecule has 1 aliphatic carbocycles. The maximum Gasteiger partial charge on any atom is 0.247 e. The normalized spacial score (nSPS) is 15.2. The Kier molecular flexibility index (Phi) is 5.99. The topological polar surface area (TPSA) is 72.6 Å². The van der Waals surface area contributed by atoms with Crippen LogP contribution in [0.4, 0.5) is 0 Å². The Morgan fingerprint density at radius 3 is 2.60 bits per heavy atom. The van der Waals surface area contributed by atoms with Gasteiger partial charge in [0, 0.05) is 28.6 Å². The Bertz CT molecular complexity index is 1110. The maximum atomic E-state index is 13.9. The molecule has 0 unspecified atom stereocenters. The number of nitrogens with zero attached hydrogens (tertiary/aromatic N) is 2. The third-order valence-electron chi connectivity index (χ3n) is 5.79. The lowest BCUT2D eigenvalue weighted by atomic mass is 10.1. The molecule has 0 N–H and O–H groups in total. The summed E-state index contributed by atoms with van der Waals surface area (Å²) in [6.07, 6.45) is 3.86. The molecule has 30 heavy (non-hydrogen) atoms. The number of thiophene rings is 1. The van der Waals surface area contributed by atoms with Crippen LogP contribution in [0.15, 0.2) is 45.1 Å². The molecule has 3 aromatic rings. The van der Waals surface area contributed by atoms with Crippen LogP contribution in [0.25, 0.3) is 11.3 Å². The molecular weight excluding hydrogens is 420 g/mol. The summed E-state index contributed by atoms with van der Waals surface area (Å²) in [6.45, 7) is 4.16. The third-order valence-corrected chi connectivity index (χ3v) is 8.57. The molecule has 2 heterocycles. The molecule has 1 aromatic carbocycles. The van der Waals surface area contributed by atoms with Gasteiger partial charge in [-0.05, 0) is 56.3 Å². The minimum Gasteiger partial charge on any atom is -0.495 e. The Balaban J connectivity index is 1.80. The van der Waals surface area contributed by atoms with Crippen molar-refractivity contribution in [3.8, 4) is 17.1 Å². The van der Waals surface area contributed by atoms with Crippen molar-refractivity contribution < 1.29 is 17.7 Å². The number of aromatic nitrogens is 1. The van der Waals surface area contributed by atoms with E-state index in [-0.39, 0.29) is 10.9 Å². The van der Waals surface area contributed by atoms with Crippen molar-refractivity contribution in [1.29, 1.82) is 0 Å². The van der Waals surface area contributed by atoms with E-state index < -0.39 is 10.0 Å². The number of rotatable bonds is 7. The molecule has 4 rings (SSSR count). The minimum atomic E-state index is -3.79. The van der Waals surface area contributed by atoms with E-state index in [1.54, 1.807) is 27.8 Å². The lowest BCUT2D eigenvalue weighted by molar-refractivity contribution is 0.315. The van der Waals surface area contributed by atoms with Crippen LogP contribution in [-0.2, 0) is 16.6 Å². The molecule has 0 aliphatic heterocycles. The highest BCUT2D eigenvalue weighted by atomic mass is 32.2. The quantitative estimate of drug-likeness (QED) is 0.501. The second-order valence-corrected chi connectivity index (χ2v) is 10.5. The molecule has 0 spiro atoms. The van der Waals surface area contributed by atoms with Gasteiger partial charge >= 0.3 is 0 Å². The van der Waals surface area contributed by atoms with Gasteiger partial charge in [-0.15, -0.1) is 11.3 Å². The molecule has 0 radical (unpaired) electrons. The predicted molar refractivity (Wildman–Crippen MR) is 117 cm³/mol. The summed E-state index contributed by atoms with van der Waals surface area (Å²) in [5.74, 6) is 0.916. The second kappa shape index (κ2) is 8.53. The second-order valence-electron chi connectivity index (χ2n) is 7.66. The van der Waals surface area contributed by atoms with Gasteiger partial charge < -0.3 is 9.26 Å². The fraction of sp³-hybridized carbons (Fsp3) is 0.409. The zero-order valence-electron chi connectivity index (χ0n) is 17.4. The number of methoxy groups -OCH3 is 1. The lowest BCUT2D eigenvalue weighted by Crippen LogP contribution is -2.38. The van der Waals surface area contributed by atoms with E-state index in [1.807, 2.05) is 37.4 Å². The van der Waals surface area contributed by atoms with Gasteiger partial charge in [-0.2, -0.15) is 4.31 Å². The van der Waals surface area contributed by atoms with Crippen molar-refractivity contribution in [2.24, 2.45) is 0 Å². The smallest absolute Gasteiger partial charge is 0.247 e. The highest BCUT2D eigenvalue weighted by molar-refractivity contribution is 7.89. The highest BCUT2D eigenvalue weighted by Gasteiger charge is 2.35. The van der Waals surface area contributed by atoms with Crippen LogP contribution in [0.5, 0.6) is 5.75 Å². The summed E-state index contributed by atoms with van der Waals surface area (Å²) in [5.41, 5.74) is 2.36. The maximum absolute atomic E-state index is 13.9. The first-order valence-corrected chi connectivity index (χ1v) is 12.4. The van der Waals surface area contributed by atoms with Gasteiger partial charge in [-0.3, -0.25) is 0 Å². The van der Waals surface area contributed by atoms with Crippen LogP contribution < -0.4 is 4.74 Å². The monoisotopic (exact) mass is 446 g/mol. The Labute approximate surface area is 181 Å². The minimum absolute atomic E-state index is 0.000257. The summed E-state index contributed by atoms with van der Waals surface area (Å²) in [7, 11) is -2.29. The molecule has 0 amide bonds. The average molecular weight is 447 g/mol. The standard InChI is InChI=1S/C22H26N2O4S2/c1-15-16(2)23-28-22(15)17-10-11-20(27-3)21(13-17)30(25,26)24(18-7-4-5-8-18)14-19-9-6-12-29-19/h6,9-13,18H,4-5,7-8,14H2,1-3H3. The molecule has 0 saturated heterocycles. The first-order chi connectivity index (χ1) is 14.4. The molecular formula is C22H26N2O4S2. The number of aryl methyl sites for hydroxylation is 1. The Morgan fingerprint density at radius 1 is 1.23 bits per heavy atom. The fourth-order valence-corrected chi connectivity index (χ4v) is 6.62. The van der Waals surface area contributed by atoms with E-state index in [9.17, 15) is 8.42 Å². The van der Waals surface area contributed by atoms with Crippen molar-refractivity contribution in [3.63, 3.8) is 0 Å². The summed E-state index contributed by atoms with van der Waals surface area (Å²) < 4.78 is 40.4. The summed E-state index contributed by atoms with van der Waals surface area (Å²) in [4.78, 5) is 1.20. The highest BCUT2D eigenvalue weighted by Crippen LogP contribution is 2.37. The molecule has 1 fully saturated rings. The number of sulfonamides is 1. The van der Waals surface area contributed by atoms with Crippen molar-refractivity contribution in [2.75, 3.05) is 7.11 Å². The molecule has 1 aliphatic rings. The van der Waals surface area contributed by atoms with Crippen LogP contribution in [0, 0.1) is 13.8 Å². The van der Waals surface area contributed by atoms with E-state index in [0.29, 0.717) is 23.6 Å². The number of hydrogen-bond donors (Lipinski definition) is 0. The van der Waals surface area contributed by atoms with Gasteiger partial charge in [0.2, 0.25) is 10.0 Å². The lowest BCUT2D eigenvalue weighted by Gasteiger charge is -2.28. The molecule has 0 atom stereocenters. The van der Waals surface area contributed by atoms with Gasteiger partial charge in [0.1, 0.15) is 10.6 Å². The fourth-order valence-electron chi connectivity index (χ4n) is 3.99. The van der Waals surface area contributed by atoms with E-state index in [0.717, 1.165) is 41.8 Å². The van der Waals surface area contributed by atoms with Gasteiger partial charge in [-0.25, -0.2) is 8.42 Å². The van der Waals surface area contributed by atoms with Gasteiger partial charge in [0.05, 0.1) is 12.8 Å². The van der Waals surface area contributed by atoms with E-state index in [4.69, 9.17) is 9.26 Å². The van der Waals surface area contributed by atoms with Crippen molar-refractivity contribution in [1.82, 2.24) is 9.46 Å².